The second kappa shape index (κ2) is 3.27. The zero-order valence-corrected chi connectivity index (χ0v) is 8.37. The molecule has 5 nitrogen and oxygen atoms in total. The van der Waals surface area contributed by atoms with Crippen LogP contribution in [0.2, 0.25) is 0 Å². The van der Waals surface area contributed by atoms with E-state index in [2.05, 4.69) is 9.97 Å². The van der Waals surface area contributed by atoms with Crippen LogP contribution in [-0.4, -0.2) is 28.2 Å². The van der Waals surface area contributed by atoms with Gasteiger partial charge in [0.25, 0.3) is 0 Å². The molecule has 78 valence electrons. The minimum atomic E-state index is -0.973. The molecule has 2 rings (SSSR count). The van der Waals surface area contributed by atoms with Crippen LogP contribution in [0, 0.1) is 6.92 Å². The van der Waals surface area contributed by atoms with E-state index in [1.165, 1.54) is 13.3 Å². The molecule has 15 heavy (non-hydrogen) atoms. The molecule has 2 heterocycles. The van der Waals surface area contributed by atoms with Gasteiger partial charge in [0, 0.05) is 17.1 Å². The van der Waals surface area contributed by atoms with E-state index in [4.69, 9.17) is 9.84 Å². The van der Waals surface area contributed by atoms with Crippen molar-refractivity contribution in [1.29, 1.82) is 0 Å². The molecule has 0 radical (unpaired) electrons. The summed E-state index contributed by atoms with van der Waals surface area (Å²) in [7, 11) is 1.53. The number of methoxy groups -OCH3 is 1. The normalized spacial score (nSPS) is 10.5. The summed E-state index contributed by atoms with van der Waals surface area (Å²) in [5, 5.41) is 9.57. The van der Waals surface area contributed by atoms with E-state index >= 15 is 0 Å². The monoisotopic (exact) mass is 206 g/mol. The molecule has 0 spiro atoms. The molecule has 0 aromatic carbocycles. The summed E-state index contributed by atoms with van der Waals surface area (Å²) in [6, 6.07) is 0. The fourth-order valence-electron chi connectivity index (χ4n) is 1.61. The number of carboxylic acid groups (broad SMARTS) is 1. The molecule has 0 atom stereocenters. The van der Waals surface area contributed by atoms with E-state index in [0.717, 1.165) is 5.56 Å². The van der Waals surface area contributed by atoms with Gasteiger partial charge in [-0.2, -0.15) is 0 Å². The maximum absolute atomic E-state index is 10.9. The van der Waals surface area contributed by atoms with Crippen molar-refractivity contribution in [3.63, 3.8) is 0 Å². The molecule has 0 bridgehead atoms. The van der Waals surface area contributed by atoms with Crippen molar-refractivity contribution in [2.75, 3.05) is 7.11 Å². The van der Waals surface area contributed by atoms with Gasteiger partial charge in [-0.1, -0.05) is 0 Å². The number of nitrogens with one attached hydrogen (secondary N) is 1. The number of fused-ring (bicyclic) bond motifs is 1. The molecule has 0 saturated carbocycles. The molecule has 2 aromatic rings. The second-order valence-electron chi connectivity index (χ2n) is 3.18. The van der Waals surface area contributed by atoms with Crippen LogP contribution in [-0.2, 0) is 0 Å². The fourth-order valence-corrected chi connectivity index (χ4v) is 1.61. The number of aromatic carboxylic acids is 1. The predicted molar refractivity (Wildman–Crippen MR) is 54.3 cm³/mol. The zero-order chi connectivity index (χ0) is 11.0. The number of aryl methyl sites for hydroxylation is 1. The van der Waals surface area contributed by atoms with Crippen LogP contribution < -0.4 is 4.74 Å². The Kier molecular flexibility index (Phi) is 2.07. The SMILES string of the molecule is COc1cnc2[nH]cc(C(=O)O)c2c1C. The van der Waals surface area contributed by atoms with E-state index in [1.54, 1.807) is 6.20 Å². The Morgan fingerprint density at radius 3 is 2.93 bits per heavy atom. The first-order chi connectivity index (χ1) is 7.15. The zero-order valence-electron chi connectivity index (χ0n) is 8.37. The number of hydrogen-bond acceptors (Lipinski definition) is 3. The van der Waals surface area contributed by atoms with Crippen LogP contribution >= 0.6 is 0 Å². The van der Waals surface area contributed by atoms with Gasteiger partial charge < -0.3 is 14.8 Å². The summed E-state index contributed by atoms with van der Waals surface area (Å²) in [4.78, 5) is 17.8. The molecule has 5 heteroatoms. The highest BCUT2D eigenvalue weighted by molar-refractivity contribution is 6.04. The number of ether oxygens (including phenoxy) is 1. The Balaban J connectivity index is 2.82. The fraction of sp³-hybridized carbons (Fsp3) is 0.200. The van der Waals surface area contributed by atoms with Gasteiger partial charge in [-0.3, -0.25) is 0 Å². The summed E-state index contributed by atoms with van der Waals surface area (Å²) < 4.78 is 5.09. The predicted octanol–water partition coefficient (Wildman–Crippen LogP) is 1.58. The lowest BCUT2D eigenvalue weighted by atomic mass is 10.1. The smallest absolute Gasteiger partial charge is 0.337 e. The number of aromatic nitrogens is 2. The molecule has 0 amide bonds. The summed E-state index contributed by atoms with van der Waals surface area (Å²) in [6.45, 7) is 1.81. The average Bonchev–Trinajstić information content (AvgIpc) is 2.63. The Labute approximate surface area is 85.7 Å². The topological polar surface area (TPSA) is 75.2 Å². The van der Waals surface area contributed by atoms with Crippen molar-refractivity contribution in [3.05, 3.63) is 23.5 Å². The van der Waals surface area contributed by atoms with E-state index in [9.17, 15) is 4.79 Å². The van der Waals surface area contributed by atoms with Crippen LogP contribution in [0.5, 0.6) is 5.75 Å². The van der Waals surface area contributed by atoms with Gasteiger partial charge in [0.1, 0.15) is 11.4 Å². The van der Waals surface area contributed by atoms with Crippen LogP contribution in [0.4, 0.5) is 0 Å². The molecule has 2 N–H and O–H groups in total. The summed E-state index contributed by atoms with van der Waals surface area (Å²) in [5.41, 5.74) is 1.56. The number of carbonyl (C=O) groups is 1. The number of H-pyrrole nitrogens is 1. The Morgan fingerprint density at radius 1 is 1.60 bits per heavy atom. The number of hydrogen-bond donors (Lipinski definition) is 2. The highest BCUT2D eigenvalue weighted by Crippen LogP contribution is 2.27. The second-order valence-corrected chi connectivity index (χ2v) is 3.18. The summed E-state index contributed by atoms with van der Waals surface area (Å²) in [6.07, 6.45) is 3.01. The third-order valence-corrected chi connectivity index (χ3v) is 2.37. The van der Waals surface area contributed by atoms with Crippen molar-refractivity contribution in [2.24, 2.45) is 0 Å². The Hall–Kier alpha value is -2.04. The first kappa shape index (κ1) is 9.51. The minimum absolute atomic E-state index is 0.217. The van der Waals surface area contributed by atoms with Crippen LogP contribution in [0.25, 0.3) is 11.0 Å². The lowest BCUT2D eigenvalue weighted by molar-refractivity contribution is 0.0699. The van der Waals surface area contributed by atoms with Crippen molar-refractivity contribution >= 4 is 17.0 Å². The highest BCUT2D eigenvalue weighted by atomic mass is 16.5. The molecule has 0 saturated heterocycles. The molecule has 0 aliphatic carbocycles. The summed E-state index contributed by atoms with van der Waals surface area (Å²) >= 11 is 0. The quantitative estimate of drug-likeness (QED) is 0.782. The number of nitrogens with zero attached hydrogens (tertiary/aromatic N) is 1. The number of rotatable bonds is 2. The van der Waals surface area contributed by atoms with Crippen molar-refractivity contribution < 1.29 is 14.6 Å². The van der Waals surface area contributed by atoms with Crippen molar-refractivity contribution in [3.8, 4) is 5.75 Å². The Morgan fingerprint density at radius 2 is 2.33 bits per heavy atom. The van der Waals surface area contributed by atoms with E-state index in [1.807, 2.05) is 6.92 Å². The lowest BCUT2D eigenvalue weighted by Gasteiger charge is -2.04. The van der Waals surface area contributed by atoms with Crippen molar-refractivity contribution in [2.45, 2.75) is 6.92 Å². The largest absolute Gasteiger partial charge is 0.495 e. The van der Waals surface area contributed by atoms with Gasteiger partial charge >= 0.3 is 5.97 Å². The van der Waals surface area contributed by atoms with Gasteiger partial charge in [0.2, 0.25) is 0 Å². The maximum atomic E-state index is 10.9. The van der Waals surface area contributed by atoms with E-state index in [0.29, 0.717) is 16.8 Å². The molecule has 0 aliphatic heterocycles. The van der Waals surface area contributed by atoms with Gasteiger partial charge in [-0.05, 0) is 6.92 Å². The third-order valence-electron chi connectivity index (χ3n) is 2.37. The number of pyridine rings is 1. The van der Waals surface area contributed by atoms with Crippen LogP contribution in [0.15, 0.2) is 12.4 Å². The average molecular weight is 206 g/mol. The summed E-state index contributed by atoms with van der Waals surface area (Å²) in [5.74, 6) is -0.385. The van der Waals surface area contributed by atoms with Crippen LogP contribution in [0.1, 0.15) is 15.9 Å². The Bertz CT molecular complexity index is 531. The first-order valence-electron chi connectivity index (χ1n) is 4.39. The highest BCUT2D eigenvalue weighted by Gasteiger charge is 2.15. The number of aromatic amines is 1. The van der Waals surface area contributed by atoms with Gasteiger partial charge in [-0.15, -0.1) is 0 Å². The molecule has 0 unspecified atom stereocenters. The molecular formula is C10H10N2O3. The van der Waals surface area contributed by atoms with Crippen molar-refractivity contribution in [1.82, 2.24) is 9.97 Å². The molecule has 0 fully saturated rings. The minimum Gasteiger partial charge on any atom is -0.495 e. The molecule has 0 aliphatic rings. The van der Waals surface area contributed by atoms with E-state index in [-0.39, 0.29) is 5.56 Å². The first-order valence-corrected chi connectivity index (χ1v) is 4.39. The molecule has 2 aromatic heterocycles. The van der Waals surface area contributed by atoms with Gasteiger partial charge in [0.15, 0.2) is 0 Å². The maximum Gasteiger partial charge on any atom is 0.337 e. The lowest BCUT2D eigenvalue weighted by Crippen LogP contribution is -1.96. The number of carboxylic acids is 1. The third kappa shape index (κ3) is 1.32. The molecular weight excluding hydrogens is 196 g/mol. The van der Waals surface area contributed by atoms with Gasteiger partial charge in [-0.25, -0.2) is 9.78 Å². The standard InChI is InChI=1S/C10H10N2O3/c1-5-7(15-2)4-12-9-8(5)6(3-11-9)10(13)14/h3-4H,1-2H3,(H,11,12)(H,13,14). The van der Waals surface area contributed by atoms with E-state index < -0.39 is 5.97 Å². The van der Waals surface area contributed by atoms with Crippen LogP contribution in [0.3, 0.4) is 0 Å². The van der Waals surface area contributed by atoms with Gasteiger partial charge in [0.05, 0.1) is 18.9 Å².